The maximum atomic E-state index is 16.0. The number of aromatic nitrogens is 2. The monoisotopic (exact) mass is 675 g/mol. The van der Waals surface area contributed by atoms with E-state index < -0.39 is 0 Å². The van der Waals surface area contributed by atoms with E-state index in [1.165, 1.54) is 48.4 Å². The number of anilines is 1. The van der Waals surface area contributed by atoms with Crippen molar-refractivity contribution in [1.29, 1.82) is 0 Å². The van der Waals surface area contributed by atoms with Gasteiger partial charge in [0.2, 0.25) is 0 Å². The minimum atomic E-state index is -0.244. The van der Waals surface area contributed by atoms with E-state index in [-0.39, 0.29) is 5.82 Å². The zero-order chi connectivity index (χ0) is 32.8. The van der Waals surface area contributed by atoms with Crippen LogP contribution in [0.1, 0.15) is 38.8 Å². The van der Waals surface area contributed by atoms with Gasteiger partial charge in [0.05, 0.1) is 11.7 Å². The molecule has 0 N–H and O–H groups in total. The summed E-state index contributed by atoms with van der Waals surface area (Å²) in [7, 11) is 4.12. The third kappa shape index (κ3) is 6.49. The largest absolute Gasteiger partial charge is 0.378 e. The number of fused-ring (bicyclic) bond motifs is 2. The highest BCUT2D eigenvalue weighted by Gasteiger charge is 2.19. The molecule has 0 atom stereocenters. The van der Waals surface area contributed by atoms with Crippen LogP contribution in [0.3, 0.4) is 0 Å². The summed E-state index contributed by atoms with van der Waals surface area (Å²) in [5.74, 6) is 0.872. The Morgan fingerprint density at radius 2 is 1.15 bits per heavy atom. The minimum absolute atomic E-state index is 0.244. The molecule has 7 aromatic rings. The van der Waals surface area contributed by atoms with Crippen molar-refractivity contribution in [2.45, 2.75) is 40.5 Å². The highest BCUT2D eigenvalue weighted by Crippen LogP contribution is 2.44. The fraction of sp³-hybridized carbons (Fsp3) is 0.250. The fourth-order valence-corrected chi connectivity index (χ4v) is 9.34. The van der Waals surface area contributed by atoms with Gasteiger partial charge in [0.25, 0.3) is 0 Å². The molecular weight excluding hydrogens is 638 g/mol. The zero-order valence-electron chi connectivity index (χ0n) is 27.6. The van der Waals surface area contributed by atoms with Gasteiger partial charge in [-0.25, -0.2) is 4.39 Å². The Bertz CT molecular complexity index is 2140. The summed E-state index contributed by atoms with van der Waals surface area (Å²) in [6.45, 7) is 8.97. The second-order valence-corrected chi connectivity index (χ2v) is 16.1. The van der Waals surface area contributed by atoms with Gasteiger partial charge in [0, 0.05) is 55.6 Å². The van der Waals surface area contributed by atoms with Crippen molar-refractivity contribution in [3.8, 4) is 43.1 Å². The number of hydrogen-bond acceptors (Lipinski definition) is 6. The van der Waals surface area contributed by atoms with Gasteiger partial charge in [-0.05, 0) is 82.8 Å². The molecule has 0 aliphatic heterocycles. The van der Waals surface area contributed by atoms with Gasteiger partial charge >= 0.3 is 0 Å². The highest BCUT2D eigenvalue weighted by molar-refractivity contribution is 7.31. The molecule has 3 nitrogen and oxygen atoms in total. The molecule has 3 heterocycles. The van der Waals surface area contributed by atoms with Crippen LogP contribution in [0.4, 0.5) is 10.1 Å². The third-order valence-electron chi connectivity index (χ3n) is 8.49. The lowest BCUT2D eigenvalue weighted by molar-refractivity contribution is 0.631. The van der Waals surface area contributed by atoms with E-state index in [4.69, 9.17) is 4.37 Å². The first-order chi connectivity index (χ1) is 22.6. The first kappa shape index (κ1) is 31.7. The maximum Gasteiger partial charge on any atom is 0.131 e. The molecule has 7 rings (SSSR count). The minimum Gasteiger partial charge on any atom is -0.378 e. The van der Waals surface area contributed by atoms with Crippen LogP contribution in [-0.4, -0.2) is 22.8 Å². The molecule has 0 spiro atoms. The number of benzene rings is 4. The lowest BCUT2D eigenvalue weighted by Crippen LogP contribution is -2.07. The Labute approximate surface area is 288 Å². The van der Waals surface area contributed by atoms with Crippen molar-refractivity contribution in [2.24, 2.45) is 11.8 Å². The molecule has 0 aliphatic carbocycles. The summed E-state index contributed by atoms with van der Waals surface area (Å²) in [6.07, 6.45) is 2.02. The van der Waals surface area contributed by atoms with E-state index in [9.17, 15) is 0 Å². The van der Waals surface area contributed by atoms with E-state index in [0.717, 1.165) is 51.0 Å². The van der Waals surface area contributed by atoms with Crippen molar-refractivity contribution in [1.82, 2.24) is 8.75 Å². The molecule has 3 aromatic heterocycles. The van der Waals surface area contributed by atoms with E-state index in [2.05, 4.69) is 112 Å². The molecule has 0 radical (unpaired) electrons. The van der Waals surface area contributed by atoms with Gasteiger partial charge in [0.1, 0.15) is 16.9 Å². The Morgan fingerprint density at radius 1 is 0.596 bits per heavy atom. The summed E-state index contributed by atoms with van der Waals surface area (Å²) in [5, 5.41) is 0. The van der Waals surface area contributed by atoms with Crippen molar-refractivity contribution in [3.63, 3.8) is 0 Å². The molecule has 0 fully saturated rings. The van der Waals surface area contributed by atoms with Crippen LogP contribution in [0, 0.1) is 17.7 Å². The standard InChI is InChI=1S/C40H38FN3S3/c1-23(2)15-25-17-26(16-24(3)4)19-29(18-25)28-9-12-31(34(41)20-28)32-13-14-33(40-39(32)42-47-43-40)36-22-38-37(46-36)21-35(45-38)27-7-10-30(11-8-27)44(5)6/h7-14,17-24H,15-16H2,1-6H3. The van der Waals surface area contributed by atoms with Crippen LogP contribution in [0.15, 0.2) is 84.9 Å². The molecule has 238 valence electrons. The average Bonchev–Trinajstić information content (AvgIpc) is 3.76. The summed E-state index contributed by atoms with van der Waals surface area (Å²) in [6, 6.07) is 29.7. The van der Waals surface area contributed by atoms with E-state index in [0.29, 0.717) is 17.4 Å². The van der Waals surface area contributed by atoms with Crippen LogP contribution in [0.2, 0.25) is 0 Å². The Hall–Kier alpha value is -3.91. The molecule has 47 heavy (non-hydrogen) atoms. The topological polar surface area (TPSA) is 29.0 Å². The normalized spacial score (nSPS) is 11.9. The van der Waals surface area contributed by atoms with Crippen molar-refractivity contribution >= 4 is 60.5 Å². The van der Waals surface area contributed by atoms with Crippen LogP contribution in [-0.2, 0) is 12.8 Å². The third-order valence-corrected chi connectivity index (χ3v) is 11.4. The first-order valence-electron chi connectivity index (χ1n) is 16.1. The van der Waals surface area contributed by atoms with Crippen molar-refractivity contribution in [3.05, 3.63) is 102 Å². The molecule has 0 bridgehead atoms. The molecular formula is C40H38FN3S3. The number of thiophene rings is 2. The van der Waals surface area contributed by atoms with Crippen LogP contribution in [0.25, 0.3) is 63.6 Å². The molecule has 0 aliphatic rings. The van der Waals surface area contributed by atoms with Gasteiger partial charge in [-0.15, -0.1) is 22.7 Å². The number of rotatable bonds is 9. The number of halogens is 1. The summed E-state index contributed by atoms with van der Waals surface area (Å²) in [4.78, 5) is 4.53. The SMILES string of the molecule is CC(C)Cc1cc(CC(C)C)cc(-c2ccc(-c3ccc(-c4cc5sc(-c6ccc(N(C)C)cc6)cc5s4)c4nsnc34)c(F)c2)c1. The summed E-state index contributed by atoms with van der Waals surface area (Å²) >= 11 is 4.76. The first-order valence-corrected chi connectivity index (χ1v) is 18.5. The van der Waals surface area contributed by atoms with Gasteiger partial charge in [-0.1, -0.05) is 82.3 Å². The van der Waals surface area contributed by atoms with Gasteiger partial charge in [0.15, 0.2) is 0 Å². The second kappa shape index (κ2) is 12.9. The summed E-state index contributed by atoms with van der Waals surface area (Å²) < 4.78 is 27.9. The number of nitrogens with zero attached hydrogens (tertiary/aromatic N) is 3. The van der Waals surface area contributed by atoms with Crippen LogP contribution < -0.4 is 4.90 Å². The molecule has 0 saturated heterocycles. The van der Waals surface area contributed by atoms with E-state index in [1.54, 1.807) is 17.4 Å². The lowest BCUT2D eigenvalue weighted by atomic mass is 9.91. The maximum absolute atomic E-state index is 16.0. The van der Waals surface area contributed by atoms with Crippen LogP contribution in [0.5, 0.6) is 0 Å². The zero-order valence-corrected chi connectivity index (χ0v) is 30.0. The second-order valence-electron chi connectivity index (χ2n) is 13.4. The van der Waals surface area contributed by atoms with Gasteiger partial charge < -0.3 is 4.90 Å². The Morgan fingerprint density at radius 3 is 1.77 bits per heavy atom. The fourth-order valence-electron chi connectivity index (χ4n) is 6.34. The molecule has 0 saturated carbocycles. The van der Waals surface area contributed by atoms with Gasteiger partial charge in [-0.2, -0.15) is 8.75 Å². The molecule has 7 heteroatoms. The van der Waals surface area contributed by atoms with Crippen LogP contribution >= 0.6 is 34.4 Å². The van der Waals surface area contributed by atoms with Crippen molar-refractivity contribution < 1.29 is 4.39 Å². The predicted molar refractivity (Wildman–Crippen MR) is 204 cm³/mol. The smallest absolute Gasteiger partial charge is 0.131 e. The highest BCUT2D eigenvalue weighted by atomic mass is 32.1. The van der Waals surface area contributed by atoms with E-state index in [1.807, 2.05) is 29.5 Å². The predicted octanol–water partition coefficient (Wildman–Crippen LogP) is 12.2. The van der Waals surface area contributed by atoms with Crippen molar-refractivity contribution in [2.75, 3.05) is 19.0 Å². The Balaban J connectivity index is 1.20. The van der Waals surface area contributed by atoms with Gasteiger partial charge in [-0.3, -0.25) is 0 Å². The summed E-state index contributed by atoms with van der Waals surface area (Å²) in [5.41, 5.74) is 11.0. The molecule has 0 amide bonds. The Kier molecular flexibility index (Phi) is 8.73. The molecule has 4 aromatic carbocycles. The lowest BCUT2D eigenvalue weighted by Gasteiger charge is -2.14. The average molecular weight is 676 g/mol. The molecule has 0 unspecified atom stereocenters. The quantitative estimate of drug-likeness (QED) is 0.152. The number of hydrogen-bond donors (Lipinski definition) is 0. The van der Waals surface area contributed by atoms with E-state index >= 15 is 4.39 Å².